The lowest BCUT2D eigenvalue weighted by atomic mass is 10.0. The molecule has 1 saturated heterocycles. The summed E-state index contributed by atoms with van der Waals surface area (Å²) in [5.41, 5.74) is -1.57. The van der Waals surface area contributed by atoms with E-state index in [1.807, 2.05) is 0 Å². The van der Waals surface area contributed by atoms with Crippen LogP contribution in [0.15, 0.2) is 18.2 Å². The standard InChI is InChI=1S/C14H14ClF3N2O2/c15-8-4-5-10(11(6-8)14(16,17)18)13(22)19-7-9-2-1-3-12(21)20-9/h4-6,9H,1-3,7H2,(H,19,22)(H,20,21)/t9-/m1/s1. The molecule has 0 radical (unpaired) electrons. The number of halogens is 4. The summed E-state index contributed by atoms with van der Waals surface area (Å²) in [6.07, 6.45) is -2.86. The van der Waals surface area contributed by atoms with E-state index in [1.54, 1.807) is 0 Å². The van der Waals surface area contributed by atoms with Gasteiger partial charge in [-0.05, 0) is 31.0 Å². The maximum absolute atomic E-state index is 12.9. The van der Waals surface area contributed by atoms with Crippen LogP contribution in [-0.4, -0.2) is 24.4 Å². The summed E-state index contributed by atoms with van der Waals surface area (Å²) >= 11 is 5.56. The number of piperidine rings is 1. The van der Waals surface area contributed by atoms with E-state index in [9.17, 15) is 22.8 Å². The normalized spacial score (nSPS) is 18.7. The molecule has 1 aromatic rings. The highest BCUT2D eigenvalue weighted by molar-refractivity contribution is 6.30. The average molecular weight is 335 g/mol. The van der Waals surface area contributed by atoms with Crippen LogP contribution in [0.2, 0.25) is 5.02 Å². The first-order valence-corrected chi connectivity index (χ1v) is 7.09. The molecule has 2 N–H and O–H groups in total. The second-order valence-electron chi connectivity index (χ2n) is 5.05. The third-order valence-corrected chi connectivity index (χ3v) is 3.60. The van der Waals surface area contributed by atoms with E-state index in [0.717, 1.165) is 12.1 Å². The van der Waals surface area contributed by atoms with Crippen molar-refractivity contribution in [1.82, 2.24) is 10.6 Å². The Bertz CT molecular complexity index is 590. The van der Waals surface area contributed by atoms with Gasteiger partial charge in [0.05, 0.1) is 11.1 Å². The van der Waals surface area contributed by atoms with E-state index in [0.29, 0.717) is 19.3 Å². The van der Waals surface area contributed by atoms with Crippen LogP contribution in [-0.2, 0) is 11.0 Å². The highest BCUT2D eigenvalue weighted by atomic mass is 35.5. The molecule has 4 nitrogen and oxygen atoms in total. The number of rotatable bonds is 3. The number of hydrogen-bond acceptors (Lipinski definition) is 2. The Hall–Kier alpha value is -1.76. The quantitative estimate of drug-likeness (QED) is 0.893. The SMILES string of the molecule is O=C1CCC[C@H](CNC(=O)c2ccc(Cl)cc2C(F)(F)F)N1. The van der Waals surface area contributed by atoms with E-state index >= 15 is 0 Å². The van der Waals surface area contributed by atoms with Crippen molar-refractivity contribution < 1.29 is 22.8 Å². The Morgan fingerprint density at radius 3 is 2.77 bits per heavy atom. The van der Waals surface area contributed by atoms with Crippen LogP contribution in [0, 0.1) is 0 Å². The Morgan fingerprint density at radius 1 is 1.41 bits per heavy atom. The molecule has 0 unspecified atom stereocenters. The van der Waals surface area contributed by atoms with Crippen molar-refractivity contribution in [2.45, 2.75) is 31.5 Å². The van der Waals surface area contributed by atoms with Crippen molar-refractivity contribution in [1.29, 1.82) is 0 Å². The van der Waals surface area contributed by atoms with Gasteiger partial charge in [0.25, 0.3) is 5.91 Å². The molecular weight excluding hydrogens is 321 g/mol. The summed E-state index contributed by atoms with van der Waals surface area (Å²) in [4.78, 5) is 23.2. The lowest BCUT2D eigenvalue weighted by Gasteiger charge is -2.23. The van der Waals surface area contributed by atoms with Gasteiger partial charge in [-0.2, -0.15) is 13.2 Å². The first-order chi connectivity index (χ1) is 10.3. The topological polar surface area (TPSA) is 58.2 Å². The fraction of sp³-hybridized carbons (Fsp3) is 0.429. The number of alkyl halides is 3. The second kappa shape index (κ2) is 6.56. The fourth-order valence-corrected chi connectivity index (χ4v) is 2.47. The minimum Gasteiger partial charge on any atom is -0.352 e. The Kier molecular flexibility index (Phi) is 4.95. The number of nitrogens with one attached hydrogen (secondary N) is 2. The van der Waals surface area contributed by atoms with Gasteiger partial charge in [-0.3, -0.25) is 9.59 Å². The van der Waals surface area contributed by atoms with Gasteiger partial charge in [0.15, 0.2) is 0 Å². The van der Waals surface area contributed by atoms with E-state index < -0.39 is 23.2 Å². The molecule has 0 aliphatic carbocycles. The van der Waals surface area contributed by atoms with Crippen LogP contribution < -0.4 is 10.6 Å². The molecule has 1 fully saturated rings. The van der Waals surface area contributed by atoms with E-state index in [-0.39, 0.29) is 23.5 Å². The summed E-state index contributed by atoms with van der Waals surface area (Å²) in [5, 5.41) is 5.01. The number of carbonyl (C=O) groups excluding carboxylic acids is 2. The lowest BCUT2D eigenvalue weighted by molar-refractivity contribution is -0.138. The molecule has 22 heavy (non-hydrogen) atoms. The summed E-state index contributed by atoms with van der Waals surface area (Å²) < 4.78 is 38.8. The number of amides is 2. The van der Waals surface area contributed by atoms with Gasteiger partial charge in [-0.1, -0.05) is 11.6 Å². The molecule has 1 aliphatic rings. The zero-order valence-corrected chi connectivity index (χ0v) is 12.2. The van der Waals surface area contributed by atoms with Crippen molar-refractivity contribution in [3.63, 3.8) is 0 Å². The molecule has 120 valence electrons. The molecule has 0 saturated carbocycles. The molecule has 1 heterocycles. The molecule has 2 rings (SSSR count). The van der Waals surface area contributed by atoms with Gasteiger partial charge in [-0.25, -0.2) is 0 Å². The lowest BCUT2D eigenvalue weighted by Crippen LogP contribution is -2.46. The van der Waals surface area contributed by atoms with Crippen LogP contribution in [0.5, 0.6) is 0 Å². The molecule has 0 aromatic heterocycles. The predicted molar refractivity (Wildman–Crippen MR) is 74.6 cm³/mol. The summed E-state index contributed by atoms with van der Waals surface area (Å²) in [6, 6.07) is 2.74. The van der Waals surface area contributed by atoms with Crippen molar-refractivity contribution in [2.24, 2.45) is 0 Å². The van der Waals surface area contributed by atoms with Crippen LogP contribution in [0.4, 0.5) is 13.2 Å². The molecular formula is C14H14ClF3N2O2. The second-order valence-corrected chi connectivity index (χ2v) is 5.49. The summed E-state index contributed by atoms with van der Waals surface area (Å²) in [7, 11) is 0. The third kappa shape index (κ3) is 4.13. The first kappa shape index (κ1) is 16.6. The maximum Gasteiger partial charge on any atom is 0.417 e. The third-order valence-electron chi connectivity index (χ3n) is 3.36. The van der Waals surface area contributed by atoms with Gasteiger partial charge in [-0.15, -0.1) is 0 Å². The fourth-order valence-electron chi connectivity index (χ4n) is 2.29. The van der Waals surface area contributed by atoms with Crippen molar-refractivity contribution >= 4 is 23.4 Å². The first-order valence-electron chi connectivity index (χ1n) is 6.71. The monoisotopic (exact) mass is 334 g/mol. The van der Waals surface area contributed by atoms with E-state index in [2.05, 4.69) is 10.6 Å². The Morgan fingerprint density at radius 2 is 2.14 bits per heavy atom. The maximum atomic E-state index is 12.9. The predicted octanol–water partition coefficient (Wildman–Crippen LogP) is 2.76. The van der Waals surface area contributed by atoms with Crippen molar-refractivity contribution in [2.75, 3.05) is 6.54 Å². The highest BCUT2D eigenvalue weighted by Crippen LogP contribution is 2.33. The zero-order chi connectivity index (χ0) is 16.3. The van der Waals surface area contributed by atoms with Crippen LogP contribution >= 0.6 is 11.6 Å². The number of hydrogen-bond donors (Lipinski definition) is 2. The van der Waals surface area contributed by atoms with Crippen molar-refractivity contribution in [3.05, 3.63) is 34.3 Å². The van der Waals surface area contributed by atoms with Gasteiger partial charge in [0.2, 0.25) is 5.91 Å². The smallest absolute Gasteiger partial charge is 0.352 e. The van der Waals surface area contributed by atoms with Gasteiger partial charge < -0.3 is 10.6 Å². The molecule has 1 atom stereocenters. The van der Waals surface area contributed by atoms with Crippen molar-refractivity contribution in [3.8, 4) is 0 Å². The highest BCUT2D eigenvalue weighted by Gasteiger charge is 2.35. The van der Waals surface area contributed by atoms with Crippen LogP contribution in [0.3, 0.4) is 0 Å². The summed E-state index contributed by atoms with van der Waals surface area (Å²) in [5.74, 6) is -0.961. The number of benzene rings is 1. The molecule has 0 spiro atoms. The average Bonchev–Trinajstić information content (AvgIpc) is 2.44. The van der Waals surface area contributed by atoms with E-state index in [4.69, 9.17) is 11.6 Å². The van der Waals surface area contributed by atoms with E-state index in [1.165, 1.54) is 6.07 Å². The van der Waals surface area contributed by atoms with Crippen LogP contribution in [0.1, 0.15) is 35.2 Å². The molecule has 1 aromatic carbocycles. The Balaban J connectivity index is 2.08. The van der Waals surface area contributed by atoms with Gasteiger partial charge in [0.1, 0.15) is 0 Å². The van der Waals surface area contributed by atoms with Gasteiger partial charge >= 0.3 is 6.18 Å². The molecule has 2 amide bonds. The van der Waals surface area contributed by atoms with Crippen LogP contribution in [0.25, 0.3) is 0 Å². The Labute approximate surface area is 130 Å². The molecule has 8 heteroatoms. The number of carbonyl (C=O) groups is 2. The largest absolute Gasteiger partial charge is 0.417 e. The molecule has 1 aliphatic heterocycles. The zero-order valence-electron chi connectivity index (χ0n) is 11.5. The minimum absolute atomic E-state index is 0.0878. The minimum atomic E-state index is -4.67. The molecule has 0 bridgehead atoms. The summed E-state index contributed by atoms with van der Waals surface area (Å²) in [6.45, 7) is 0.0878. The van der Waals surface area contributed by atoms with Gasteiger partial charge in [0, 0.05) is 24.0 Å².